The molecular formula is C18H20ClFO3S. The van der Waals surface area contributed by atoms with Crippen molar-refractivity contribution in [3.8, 4) is 11.1 Å². The normalized spacial score (nSPS) is 13.7. The van der Waals surface area contributed by atoms with Gasteiger partial charge in [-0.15, -0.1) is 11.3 Å². The topological polar surface area (TPSA) is 46.5 Å². The molecular weight excluding hydrogens is 351 g/mol. The molecule has 1 N–H and O–H groups in total. The fourth-order valence-electron chi connectivity index (χ4n) is 2.71. The smallest absolute Gasteiger partial charge is 0.337 e. The third kappa shape index (κ3) is 3.97. The van der Waals surface area contributed by atoms with Gasteiger partial charge in [0.25, 0.3) is 0 Å². The molecule has 1 aromatic carbocycles. The predicted octanol–water partition coefficient (Wildman–Crippen LogP) is 5.92. The third-order valence-corrected chi connectivity index (χ3v) is 5.10. The Hall–Kier alpha value is -1.43. The molecule has 0 radical (unpaired) electrons. The first-order chi connectivity index (χ1) is 11.4. The molecule has 0 spiro atoms. The Morgan fingerprint density at radius 2 is 2.00 bits per heavy atom. The second kappa shape index (κ2) is 8.10. The van der Waals surface area contributed by atoms with Gasteiger partial charge in [-0.3, -0.25) is 0 Å². The highest BCUT2D eigenvalue weighted by Crippen LogP contribution is 2.43. The lowest BCUT2D eigenvalue weighted by molar-refractivity contribution is -0.164. The minimum Gasteiger partial charge on any atom is -0.479 e. The number of hydrogen-bond acceptors (Lipinski definition) is 3. The summed E-state index contributed by atoms with van der Waals surface area (Å²) in [7, 11) is 0. The van der Waals surface area contributed by atoms with Crippen LogP contribution in [0.2, 0.25) is 5.02 Å². The first-order valence-corrected chi connectivity index (χ1v) is 8.93. The van der Waals surface area contributed by atoms with Crippen LogP contribution in [-0.2, 0) is 9.53 Å². The van der Waals surface area contributed by atoms with E-state index in [2.05, 4.69) is 0 Å². The number of halogens is 2. The Kier molecular flexibility index (Phi) is 6.38. The Bertz CT molecular complexity index is 729. The molecule has 24 heavy (non-hydrogen) atoms. The summed E-state index contributed by atoms with van der Waals surface area (Å²) in [6.45, 7) is 5.54. The molecule has 0 fully saturated rings. The molecule has 0 saturated carbocycles. The zero-order valence-electron chi connectivity index (χ0n) is 13.8. The number of rotatable bonds is 7. The van der Waals surface area contributed by atoms with Crippen molar-refractivity contribution >= 4 is 28.9 Å². The van der Waals surface area contributed by atoms with Crippen molar-refractivity contribution in [1.82, 2.24) is 0 Å². The molecule has 0 aliphatic rings. The second-order valence-corrected chi connectivity index (χ2v) is 7.37. The average Bonchev–Trinajstić information content (AvgIpc) is 2.79. The average molecular weight is 371 g/mol. The molecule has 0 aliphatic carbocycles. The lowest BCUT2D eigenvalue weighted by atomic mass is 9.96. The quantitative estimate of drug-likeness (QED) is 0.657. The summed E-state index contributed by atoms with van der Waals surface area (Å²) in [5.41, 5.74) is 1.94. The van der Waals surface area contributed by atoms with Gasteiger partial charge in [-0.05, 0) is 19.9 Å². The maximum atomic E-state index is 13.9. The minimum absolute atomic E-state index is 0.160. The van der Waals surface area contributed by atoms with Gasteiger partial charge < -0.3 is 9.84 Å². The fourth-order valence-corrected chi connectivity index (χ4v) is 4.04. The van der Waals surface area contributed by atoms with Crippen molar-refractivity contribution in [2.45, 2.75) is 46.1 Å². The third-order valence-electron chi connectivity index (χ3n) is 3.74. The maximum Gasteiger partial charge on any atom is 0.337 e. The van der Waals surface area contributed by atoms with E-state index in [1.807, 2.05) is 39.0 Å². The van der Waals surface area contributed by atoms with Crippen LogP contribution in [0.3, 0.4) is 0 Å². The number of carboxylic acid groups (broad SMARTS) is 1. The molecule has 0 aliphatic heterocycles. The molecule has 0 saturated heterocycles. The van der Waals surface area contributed by atoms with Gasteiger partial charge in [-0.1, -0.05) is 43.1 Å². The van der Waals surface area contributed by atoms with Crippen molar-refractivity contribution < 1.29 is 19.0 Å². The van der Waals surface area contributed by atoms with Crippen LogP contribution in [0.1, 0.15) is 41.2 Å². The van der Waals surface area contributed by atoms with E-state index in [0.29, 0.717) is 17.0 Å². The van der Waals surface area contributed by atoms with Crippen LogP contribution in [0.25, 0.3) is 11.1 Å². The summed E-state index contributed by atoms with van der Waals surface area (Å²) in [4.78, 5) is 13.5. The van der Waals surface area contributed by atoms with Crippen LogP contribution < -0.4 is 0 Å². The zero-order chi connectivity index (χ0) is 17.9. The molecule has 1 heterocycles. The van der Waals surface area contributed by atoms with Crippen molar-refractivity contribution in [1.29, 1.82) is 0 Å². The highest BCUT2D eigenvalue weighted by Gasteiger charge is 2.31. The number of aliphatic carboxylic acids is 1. The van der Waals surface area contributed by atoms with E-state index in [0.717, 1.165) is 20.9 Å². The molecule has 0 amide bonds. The Labute approximate surface area is 150 Å². The molecule has 2 unspecified atom stereocenters. The molecule has 6 heteroatoms. The van der Waals surface area contributed by atoms with E-state index in [9.17, 15) is 14.3 Å². The molecule has 2 atom stereocenters. The Morgan fingerprint density at radius 1 is 1.33 bits per heavy atom. The summed E-state index contributed by atoms with van der Waals surface area (Å²) in [5.74, 6) is -1.21. The van der Waals surface area contributed by atoms with Crippen LogP contribution in [0.4, 0.5) is 4.39 Å². The Morgan fingerprint density at radius 3 is 2.58 bits per heavy atom. The van der Waals surface area contributed by atoms with Crippen LogP contribution in [0.15, 0.2) is 24.3 Å². The van der Waals surface area contributed by atoms with Gasteiger partial charge in [0, 0.05) is 37.9 Å². The van der Waals surface area contributed by atoms with E-state index >= 15 is 0 Å². The van der Waals surface area contributed by atoms with Gasteiger partial charge in [-0.25, -0.2) is 9.18 Å². The number of ether oxygens (including phenoxy) is 1. The molecule has 2 aromatic rings. The van der Waals surface area contributed by atoms with Gasteiger partial charge >= 0.3 is 5.97 Å². The number of carboxylic acids is 1. The molecule has 3 nitrogen and oxygen atoms in total. The number of aryl methyl sites for hydroxylation is 2. The maximum absolute atomic E-state index is 13.9. The van der Waals surface area contributed by atoms with Crippen LogP contribution in [-0.4, -0.2) is 17.4 Å². The summed E-state index contributed by atoms with van der Waals surface area (Å²) in [6, 6.07) is 7.23. The molecule has 0 bridgehead atoms. The van der Waals surface area contributed by atoms with Gasteiger partial charge in [-0.2, -0.15) is 0 Å². The lowest BCUT2D eigenvalue weighted by Gasteiger charge is -2.19. The van der Waals surface area contributed by atoms with Crippen LogP contribution >= 0.6 is 22.9 Å². The van der Waals surface area contributed by atoms with Crippen molar-refractivity contribution in [3.63, 3.8) is 0 Å². The highest BCUT2D eigenvalue weighted by molar-refractivity contribution is 7.12. The standard InChI is InChI=1S/C18H20ClFO3S/c1-4-7-14(20)23-17(18(21)22)16-11(3)24-10(2)15(16)12-8-5-6-9-13(12)19/h5-6,8-9,14,17H,4,7H2,1-3H3,(H,21,22). The summed E-state index contributed by atoms with van der Waals surface area (Å²) >= 11 is 7.76. The van der Waals surface area contributed by atoms with E-state index in [4.69, 9.17) is 16.3 Å². The van der Waals surface area contributed by atoms with Crippen molar-refractivity contribution in [3.05, 3.63) is 44.6 Å². The first-order valence-electron chi connectivity index (χ1n) is 7.73. The first kappa shape index (κ1) is 18.9. The largest absolute Gasteiger partial charge is 0.479 e. The molecule has 2 rings (SSSR count). The SMILES string of the molecule is CCCC(F)OC(C(=O)O)c1c(C)sc(C)c1-c1ccccc1Cl. The van der Waals surface area contributed by atoms with Gasteiger partial charge in [0.2, 0.25) is 0 Å². The Balaban J connectivity index is 2.56. The summed E-state index contributed by atoms with van der Waals surface area (Å²) in [5, 5.41) is 10.1. The van der Waals surface area contributed by atoms with Crippen molar-refractivity contribution in [2.75, 3.05) is 0 Å². The lowest BCUT2D eigenvalue weighted by Crippen LogP contribution is -2.21. The molecule has 1 aromatic heterocycles. The summed E-state index contributed by atoms with van der Waals surface area (Å²) < 4.78 is 19.2. The van der Waals surface area contributed by atoms with Gasteiger partial charge in [0.15, 0.2) is 12.5 Å². The number of thiophene rings is 1. The number of benzene rings is 1. The van der Waals surface area contributed by atoms with E-state index < -0.39 is 18.4 Å². The van der Waals surface area contributed by atoms with E-state index in [-0.39, 0.29) is 6.42 Å². The van der Waals surface area contributed by atoms with Crippen LogP contribution in [0.5, 0.6) is 0 Å². The summed E-state index contributed by atoms with van der Waals surface area (Å²) in [6.07, 6.45) is -2.24. The number of alkyl halides is 1. The molecule has 130 valence electrons. The van der Waals surface area contributed by atoms with E-state index in [1.165, 1.54) is 11.3 Å². The van der Waals surface area contributed by atoms with Crippen molar-refractivity contribution in [2.24, 2.45) is 0 Å². The van der Waals surface area contributed by atoms with Gasteiger partial charge in [0.1, 0.15) is 0 Å². The highest BCUT2D eigenvalue weighted by atomic mass is 35.5. The monoisotopic (exact) mass is 370 g/mol. The van der Waals surface area contributed by atoms with E-state index in [1.54, 1.807) is 6.07 Å². The second-order valence-electron chi connectivity index (χ2n) is 5.54. The minimum atomic E-state index is -1.62. The predicted molar refractivity (Wildman–Crippen MR) is 95.5 cm³/mol. The number of carbonyl (C=O) groups is 1. The zero-order valence-corrected chi connectivity index (χ0v) is 15.4. The number of hydrogen-bond donors (Lipinski definition) is 1. The fraction of sp³-hybridized carbons (Fsp3) is 0.389. The van der Waals surface area contributed by atoms with Crippen LogP contribution in [0, 0.1) is 13.8 Å². The van der Waals surface area contributed by atoms with Gasteiger partial charge in [0.05, 0.1) is 0 Å².